The molecule has 35 heavy (non-hydrogen) atoms. The number of rotatable bonds is 6. The summed E-state index contributed by atoms with van der Waals surface area (Å²) in [5.41, 5.74) is 5.19. The number of carbonyl (C=O) groups excluding carboxylic acids is 2. The highest BCUT2D eigenvalue weighted by atomic mass is 35.5. The fourth-order valence-electron chi connectivity index (χ4n) is 3.44. The van der Waals surface area contributed by atoms with Gasteiger partial charge in [0.1, 0.15) is 5.75 Å². The van der Waals surface area contributed by atoms with Crippen LogP contribution in [0.5, 0.6) is 5.75 Å². The molecule has 1 fully saturated rings. The summed E-state index contributed by atoms with van der Waals surface area (Å²) in [6, 6.07) is 18.4. The molecule has 0 unspecified atom stereocenters. The molecule has 0 radical (unpaired) electrons. The minimum atomic E-state index is -0.319. The van der Waals surface area contributed by atoms with E-state index in [-0.39, 0.29) is 18.4 Å². The number of benzene rings is 3. The Morgan fingerprint density at radius 3 is 2.54 bits per heavy atom. The number of thioether (sulfide) groups is 1. The molecule has 8 heteroatoms. The van der Waals surface area contributed by atoms with Crippen LogP contribution in [0.2, 0.25) is 5.02 Å². The summed E-state index contributed by atoms with van der Waals surface area (Å²) >= 11 is 12.9. The molecule has 0 aromatic heterocycles. The highest BCUT2D eigenvalue weighted by Crippen LogP contribution is 2.37. The minimum absolute atomic E-state index is 0.188. The lowest BCUT2D eigenvalue weighted by Gasteiger charge is -2.16. The molecule has 1 saturated heterocycles. The maximum absolute atomic E-state index is 13.2. The van der Waals surface area contributed by atoms with E-state index in [9.17, 15) is 9.59 Å². The fourth-order valence-corrected chi connectivity index (χ4v) is 4.91. The van der Waals surface area contributed by atoms with E-state index in [1.165, 1.54) is 11.8 Å². The van der Waals surface area contributed by atoms with Gasteiger partial charge < -0.3 is 10.1 Å². The molecule has 0 atom stereocenters. The number of ether oxygens (including phenoxy) is 1. The number of para-hydroxylation sites is 1. The van der Waals surface area contributed by atoms with Gasteiger partial charge in [0.05, 0.1) is 10.6 Å². The molecule has 0 bridgehead atoms. The lowest BCUT2D eigenvalue weighted by atomic mass is 10.1. The van der Waals surface area contributed by atoms with Crippen molar-refractivity contribution < 1.29 is 14.3 Å². The first-order valence-electron chi connectivity index (χ1n) is 10.9. The number of anilines is 2. The standard InChI is InChI=1S/C27H23ClN2O3S2/c1-16-9-11-21(12-18(16)3)30-26(32)24(35-27(30)34)13-19-6-4-5-7-23(19)33-15-25(31)29-20-10-8-17(2)22(28)14-20/h4-14H,15H2,1-3H3,(H,29,31)/b24-13-. The van der Waals surface area contributed by atoms with Crippen molar-refractivity contribution in [1.29, 1.82) is 0 Å². The molecule has 0 spiro atoms. The summed E-state index contributed by atoms with van der Waals surface area (Å²) in [5, 5.41) is 3.35. The molecule has 178 valence electrons. The Morgan fingerprint density at radius 2 is 1.80 bits per heavy atom. The third-order valence-electron chi connectivity index (χ3n) is 5.56. The van der Waals surface area contributed by atoms with Crippen molar-refractivity contribution in [3.63, 3.8) is 0 Å². The number of nitrogens with one attached hydrogen (secondary N) is 1. The number of hydrogen-bond donors (Lipinski definition) is 1. The average molecular weight is 523 g/mol. The Balaban J connectivity index is 1.48. The predicted molar refractivity (Wildman–Crippen MR) is 148 cm³/mol. The van der Waals surface area contributed by atoms with E-state index < -0.39 is 0 Å². The number of halogens is 1. The molecule has 1 aliphatic rings. The monoisotopic (exact) mass is 522 g/mol. The largest absolute Gasteiger partial charge is 0.483 e. The third kappa shape index (κ3) is 5.75. The number of nitrogens with zero attached hydrogens (tertiary/aromatic N) is 1. The average Bonchev–Trinajstić information content (AvgIpc) is 3.10. The summed E-state index contributed by atoms with van der Waals surface area (Å²) in [7, 11) is 0. The number of carbonyl (C=O) groups is 2. The van der Waals surface area contributed by atoms with Gasteiger partial charge in [-0.15, -0.1) is 0 Å². The molecule has 0 saturated carbocycles. The molecule has 1 heterocycles. The van der Waals surface area contributed by atoms with Crippen molar-refractivity contribution in [1.82, 2.24) is 0 Å². The number of amides is 2. The van der Waals surface area contributed by atoms with Crippen LogP contribution >= 0.6 is 35.6 Å². The fraction of sp³-hybridized carbons (Fsp3) is 0.148. The molecule has 4 rings (SSSR count). The molecule has 5 nitrogen and oxygen atoms in total. The van der Waals surface area contributed by atoms with Gasteiger partial charge in [-0.05, 0) is 73.9 Å². The van der Waals surface area contributed by atoms with Crippen LogP contribution in [0.1, 0.15) is 22.3 Å². The summed E-state index contributed by atoms with van der Waals surface area (Å²) < 4.78 is 6.25. The van der Waals surface area contributed by atoms with E-state index in [0.717, 1.165) is 22.4 Å². The van der Waals surface area contributed by atoms with Gasteiger partial charge >= 0.3 is 0 Å². The SMILES string of the molecule is Cc1ccc(N2C(=O)/C(=C/c3ccccc3OCC(=O)Nc3ccc(C)c(Cl)c3)SC2=S)cc1C. The van der Waals surface area contributed by atoms with Gasteiger partial charge in [0, 0.05) is 16.3 Å². The van der Waals surface area contributed by atoms with Crippen LogP contribution < -0.4 is 15.0 Å². The topological polar surface area (TPSA) is 58.6 Å². The van der Waals surface area contributed by atoms with Gasteiger partial charge in [-0.1, -0.05) is 65.9 Å². The van der Waals surface area contributed by atoms with Crippen LogP contribution in [-0.2, 0) is 9.59 Å². The van der Waals surface area contributed by atoms with Crippen LogP contribution in [0.3, 0.4) is 0 Å². The van der Waals surface area contributed by atoms with E-state index in [0.29, 0.717) is 31.2 Å². The van der Waals surface area contributed by atoms with Crippen LogP contribution in [0.25, 0.3) is 6.08 Å². The molecular formula is C27H23ClN2O3S2. The smallest absolute Gasteiger partial charge is 0.270 e. The van der Waals surface area contributed by atoms with Crippen molar-refractivity contribution in [2.45, 2.75) is 20.8 Å². The zero-order valence-electron chi connectivity index (χ0n) is 19.4. The second-order valence-electron chi connectivity index (χ2n) is 8.12. The minimum Gasteiger partial charge on any atom is -0.483 e. The van der Waals surface area contributed by atoms with Gasteiger partial charge in [0.2, 0.25) is 0 Å². The summed E-state index contributed by atoms with van der Waals surface area (Å²) in [4.78, 5) is 27.6. The zero-order chi connectivity index (χ0) is 25.1. The van der Waals surface area contributed by atoms with Gasteiger partial charge in [-0.2, -0.15) is 0 Å². The summed E-state index contributed by atoms with van der Waals surface area (Å²) in [6.07, 6.45) is 1.74. The first-order chi connectivity index (χ1) is 16.7. The van der Waals surface area contributed by atoms with Crippen LogP contribution in [0.4, 0.5) is 11.4 Å². The Kier molecular flexibility index (Phi) is 7.60. The Bertz CT molecular complexity index is 1370. The molecule has 1 N–H and O–H groups in total. The molecule has 2 amide bonds. The molecule has 1 aliphatic heterocycles. The highest BCUT2D eigenvalue weighted by Gasteiger charge is 2.33. The van der Waals surface area contributed by atoms with Crippen molar-refractivity contribution in [2.75, 3.05) is 16.8 Å². The van der Waals surface area contributed by atoms with Crippen LogP contribution in [0, 0.1) is 20.8 Å². The molecule has 3 aromatic rings. The van der Waals surface area contributed by atoms with Crippen molar-refractivity contribution >= 4 is 69.2 Å². The third-order valence-corrected chi connectivity index (χ3v) is 7.27. The zero-order valence-corrected chi connectivity index (χ0v) is 21.8. The maximum Gasteiger partial charge on any atom is 0.270 e. The lowest BCUT2D eigenvalue weighted by molar-refractivity contribution is -0.118. The van der Waals surface area contributed by atoms with Gasteiger partial charge in [-0.3, -0.25) is 14.5 Å². The summed E-state index contributed by atoms with van der Waals surface area (Å²) in [6.45, 7) is 5.73. The van der Waals surface area contributed by atoms with E-state index in [1.807, 2.05) is 63.2 Å². The van der Waals surface area contributed by atoms with Gasteiger partial charge in [-0.25, -0.2) is 0 Å². The van der Waals surface area contributed by atoms with Gasteiger partial charge in [0.25, 0.3) is 11.8 Å². The van der Waals surface area contributed by atoms with Crippen LogP contribution in [0.15, 0.2) is 65.6 Å². The normalized spacial score (nSPS) is 14.5. The first-order valence-corrected chi connectivity index (χ1v) is 12.5. The van der Waals surface area contributed by atoms with E-state index in [2.05, 4.69) is 5.32 Å². The Hall–Kier alpha value is -3.13. The Morgan fingerprint density at radius 1 is 1.06 bits per heavy atom. The number of hydrogen-bond acceptors (Lipinski definition) is 5. The highest BCUT2D eigenvalue weighted by molar-refractivity contribution is 8.27. The summed E-state index contributed by atoms with van der Waals surface area (Å²) in [5.74, 6) is -0.0196. The van der Waals surface area contributed by atoms with Gasteiger partial charge in [0.15, 0.2) is 10.9 Å². The second kappa shape index (κ2) is 10.6. The molecule has 3 aromatic carbocycles. The van der Waals surface area contributed by atoms with Crippen molar-refractivity contribution in [3.8, 4) is 5.75 Å². The second-order valence-corrected chi connectivity index (χ2v) is 10.2. The van der Waals surface area contributed by atoms with E-state index >= 15 is 0 Å². The van der Waals surface area contributed by atoms with E-state index in [4.69, 9.17) is 28.6 Å². The Labute approximate surface area is 219 Å². The van der Waals surface area contributed by atoms with Crippen LogP contribution in [-0.4, -0.2) is 22.7 Å². The molecule has 0 aliphatic carbocycles. The van der Waals surface area contributed by atoms with E-state index in [1.54, 1.807) is 29.2 Å². The van der Waals surface area contributed by atoms with Crippen molar-refractivity contribution in [2.24, 2.45) is 0 Å². The maximum atomic E-state index is 13.2. The lowest BCUT2D eigenvalue weighted by Crippen LogP contribution is -2.27. The predicted octanol–water partition coefficient (Wildman–Crippen LogP) is 6.69. The van der Waals surface area contributed by atoms with Crippen molar-refractivity contribution in [3.05, 3.63) is 92.8 Å². The molecular weight excluding hydrogens is 500 g/mol. The quantitative estimate of drug-likeness (QED) is 0.289. The number of aryl methyl sites for hydroxylation is 3. The number of thiocarbonyl (C=S) groups is 1. The first kappa shape index (κ1) is 25.0.